The number of aliphatic imine (C=N–C) groups is 1. The molecular formula is C23H18N2O2. The van der Waals surface area contributed by atoms with E-state index in [0.717, 1.165) is 39.5 Å². The van der Waals surface area contributed by atoms with Gasteiger partial charge < -0.3 is 4.74 Å². The Hall–Kier alpha value is -3.40. The molecule has 0 radical (unpaired) electrons. The standard InChI is InChI=1S/C23H18N2O2/c1-27-16-12-10-15(11-13-16)20-14-22-17-6-2-3-7-18(17)23(26)25(22)21-9-5-4-8-19(21)24-20/h2-13,22H,14H2,1H3/t22-/m1/s1. The maximum Gasteiger partial charge on any atom is 0.259 e. The number of ether oxygens (including phenoxy) is 1. The predicted octanol–water partition coefficient (Wildman–Crippen LogP) is 4.92. The van der Waals surface area contributed by atoms with E-state index in [1.165, 1.54) is 0 Å². The smallest absolute Gasteiger partial charge is 0.259 e. The number of hydrogen-bond donors (Lipinski definition) is 0. The molecule has 3 aromatic carbocycles. The van der Waals surface area contributed by atoms with Gasteiger partial charge in [-0.3, -0.25) is 14.7 Å². The van der Waals surface area contributed by atoms with Crippen molar-refractivity contribution in [2.75, 3.05) is 12.0 Å². The molecule has 0 saturated heterocycles. The first kappa shape index (κ1) is 15.8. The topological polar surface area (TPSA) is 41.9 Å². The molecule has 0 saturated carbocycles. The number of methoxy groups -OCH3 is 1. The van der Waals surface area contributed by atoms with Crippen LogP contribution in [0.3, 0.4) is 0 Å². The lowest BCUT2D eigenvalue weighted by Crippen LogP contribution is -2.28. The molecule has 0 unspecified atom stereocenters. The molecule has 0 aromatic heterocycles. The summed E-state index contributed by atoms with van der Waals surface area (Å²) in [4.78, 5) is 20.0. The molecule has 2 aliphatic rings. The van der Waals surface area contributed by atoms with Gasteiger partial charge >= 0.3 is 0 Å². The van der Waals surface area contributed by atoms with Crippen LogP contribution in [0.2, 0.25) is 0 Å². The number of amides is 1. The highest BCUT2D eigenvalue weighted by molar-refractivity contribution is 6.15. The van der Waals surface area contributed by atoms with E-state index in [0.29, 0.717) is 6.42 Å². The molecule has 1 atom stereocenters. The Kier molecular flexibility index (Phi) is 3.57. The molecule has 0 fully saturated rings. The predicted molar refractivity (Wildman–Crippen MR) is 106 cm³/mol. The Morgan fingerprint density at radius 3 is 2.52 bits per heavy atom. The highest BCUT2D eigenvalue weighted by atomic mass is 16.5. The lowest BCUT2D eigenvalue weighted by Gasteiger charge is -2.24. The van der Waals surface area contributed by atoms with Crippen LogP contribution in [0.5, 0.6) is 5.75 Å². The number of benzene rings is 3. The fourth-order valence-electron chi connectivity index (χ4n) is 3.97. The van der Waals surface area contributed by atoms with E-state index < -0.39 is 0 Å². The van der Waals surface area contributed by atoms with Gasteiger partial charge in [-0.1, -0.05) is 30.3 Å². The number of carbonyl (C=O) groups is 1. The molecule has 3 aromatic rings. The second-order valence-corrected chi connectivity index (χ2v) is 6.76. The zero-order valence-electron chi connectivity index (χ0n) is 14.9. The van der Waals surface area contributed by atoms with Crippen molar-refractivity contribution in [1.29, 1.82) is 0 Å². The minimum absolute atomic E-state index is 0.0433. The number of para-hydroxylation sites is 2. The van der Waals surface area contributed by atoms with Gasteiger partial charge in [0.15, 0.2) is 0 Å². The fraction of sp³-hybridized carbons (Fsp3) is 0.130. The van der Waals surface area contributed by atoms with Crippen molar-refractivity contribution in [3.63, 3.8) is 0 Å². The van der Waals surface area contributed by atoms with Crippen LogP contribution < -0.4 is 9.64 Å². The van der Waals surface area contributed by atoms with E-state index in [1.807, 2.05) is 71.6 Å². The van der Waals surface area contributed by atoms with Crippen molar-refractivity contribution in [2.24, 2.45) is 4.99 Å². The summed E-state index contributed by atoms with van der Waals surface area (Å²) >= 11 is 0. The third-order valence-corrected chi connectivity index (χ3v) is 5.29. The van der Waals surface area contributed by atoms with Crippen molar-refractivity contribution in [1.82, 2.24) is 0 Å². The van der Waals surface area contributed by atoms with Gasteiger partial charge in [-0.15, -0.1) is 0 Å². The molecule has 2 heterocycles. The van der Waals surface area contributed by atoms with Crippen LogP contribution in [-0.4, -0.2) is 18.7 Å². The van der Waals surface area contributed by atoms with Crippen LogP contribution in [0.1, 0.15) is 33.9 Å². The summed E-state index contributed by atoms with van der Waals surface area (Å²) in [7, 11) is 1.66. The number of hydrogen-bond acceptors (Lipinski definition) is 3. The van der Waals surface area contributed by atoms with E-state index in [1.54, 1.807) is 7.11 Å². The molecule has 27 heavy (non-hydrogen) atoms. The largest absolute Gasteiger partial charge is 0.497 e. The average molecular weight is 354 g/mol. The molecular weight excluding hydrogens is 336 g/mol. The second kappa shape index (κ2) is 6.09. The quantitative estimate of drug-likeness (QED) is 0.655. The highest BCUT2D eigenvalue weighted by Gasteiger charge is 2.40. The Labute approximate surface area is 157 Å². The van der Waals surface area contributed by atoms with Crippen LogP contribution in [-0.2, 0) is 0 Å². The summed E-state index contributed by atoms with van der Waals surface area (Å²) in [5.41, 5.74) is 5.57. The van der Waals surface area contributed by atoms with Crippen molar-refractivity contribution >= 4 is 23.0 Å². The summed E-state index contributed by atoms with van der Waals surface area (Å²) in [6, 6.07) is 23.7. The van der Waals surface area contributed by atoms with Gasteiger partial charge in [0.2, 0.25) is 0 Å². The Bertz CT molecular complexity index is 1070. The van der Waals surface area contributed by atoms with E-state index >= 15 is 0 Å². The Morgan fingerprint density at radius 1 is 0.963 bits per heavy atom. The molecule has 0 spiro atoms. The number of carbonyl (C=O) groups excluding carboxylic acids is 1. The van der Waals surface area contributed by atoms with E-state index in [4.69, 9.17) is 9.73 Å². The summed E-state index contributed by atoms with van der Waals surface area (Å²) in [6.45, 7) is 0. The van der Waals surface area contributed by atoms with E-state index in [9.17, 15) is 4.79 Å². The third kappa shape index (κ3) is 2.45. The summed E-state index contributed by atoms with van der Waals surface area (Å²) in [6.07, 6.45) is 0.670. The molecule has 1 amide bonds. The van der Waals surface area contributed by atoms with Gasteiger partial charge in [0, 0.05) is 12.0 Å². The summed E-state index contributed by atoms with van der Waals surface area (Å²) < 4.78 is 5.27. The van der Waals surface area contributed by atoms with Crippen LogP contribution in [0.15, 0.2) is 77.8 Å². The van der Waals surface area contributed by atoms with Gasteiger partial charge in [0.1, 0.15) is 5.75 Å². The first-order chi connectivity index (χ1) is 13.3. The van der Waals surface area contributed by atoms with Gasteiger partial charge in [-0.05, 0) is 53.6 Å². The Balaban J connectivity index is 1.68. The van der Waals surface area contributed by atoms with Crippen LogP contribution in [0, 0.1) is 0 Å². The number of nitrogens with zero attached hydrogens (tertiary/aromatic N) is 2. The second-order valence-electron chi connectivity index (χ2n) is 6.76. The SMILES string of the molecule is COc1ccc(C2=Nc3ccccc3N3C(=O)c4ccccc4[C@H]3C2)cc1. The van der Waals surface area contributed by atoms with E-state index in [2.05, 4.69) is 6.07 Å². The maximum absolute atomic E-state index is 13.1. The normalized spacial score (nSPS) is 17.5. The van der Waals surface area contributed by atoms with Gasteiger partial charge in [0.25, 0.3) is 5.91 Å². The van der Waals surface area contributed by atoms with Crippen molar-refractivity contribution in [3.8, 4) is 5.75 Å². The monoisotopic (exact) mass is 354 g/mol. The molecule has 5 rings (SSSR count). The molecule has 4 heteroatoms. The number of fused-ring (bicyclic) bond motifs is 5. The van der Waals surface area contributed by atoms with Crippen molar-refractivity contribution in [3.05, 3.63) is 89.5 Å². The van der Waals surface area contributed by atoms with Crippen LogP contribution in [0.25, 0.3) is 0 Å². The average Bonchev–Trinajstić information content (AvgIpc) is 2.89. The molecule has 0 aliphatic carbocycles. The number of anilines is 1. The minimum atomic E-state index is -0.0433. The van der Waals surface area contributed by atoms with Crippen LogP contribution in [0.4, 0.5) is 11.4 Å². The lowest BCUT2D eigenvalue weighted by atomic mass is 9.97. The summed E-state index contributed by atoms with van der Waals surface area (Å²) in [5.74, 6) is 0.866. The van der Waals surface area contributed by atoms with Gasteiger partial charge in [-0.2, -0.15) is 0 Å². The summed E-state index contributed by atoms with van der Waals surface area (Å²) in [5, 5.41) is 0. The minimum Gasteiger partial charge on any atom is -0.497 e. The maximum atomic E-state index is 13.1. The first-order valence-corrected chi connectivity index (χ1v) is 9.00. The fourth-order valence-corrected chi connectivity index (χ4v) is 3.97. The first-order valence-electron chi connectivity index (χ1n) is 9.00. The zero-order chi connectivity index (χ0) is 18.4. The molecule has 2 aliphatic heterocycles. The molecule has 0 bridgehead atoms. The van der Waals surface area contributed by atoms with Crippen LogP contribution >= 0.6 is 0 Å². The van der Waals surface area contributed by atoms with E-state index in [-0.39, 0.29) is 11.9 Å². The van der Waals surface area contributed by atoms with Crippen molar-refractivity contribution in [2.45, 2.75) is 12.5 Å². The molecule has 4 nitrogen and oxygen atoms in total. The lowest BCUT2D eigenvalue weighted by molar-refractivity contribution is 0.0992. The van der Waals surface area contributed by atoms with Crippen molar-refractivity contribution < 1.29 is 9.53 Å². The third-order valence-electron chi connectivity index (χ3n) is 5.29. The highest BCUT2D eigenvalue weighted by Crippen LogP contribution is 2.45. The van der Waals surface area contributed by atoms with Gasteiger partial charge in [-0.25, -0.2) is 0 Å². The van der Waals surface area contributed by atoms with Gasteiger partial charge in [0.05, 0.1) is 30.2 Å². The molecule has 132 valence electrons. The number of rotatable bonds is 2. The molecule has 0 N–H and O–H groups in total. The Morgan fingerprint density at radius 2 is 1.70 bits per heavy atom. The zero-order valence-corrected chi connectivity index (χ0v) is 14.9.